The Morgan fingerprint density at radius 1 is 1.48 bits per heavy atom. The van der Waals surface area contributed by atoms with Crippen molar-refractivity contribution in [1.82, 2.24) is 9.88 Å². The van der Waals surface area contributed by atoms with E-state index in [9.17, 15) is 9.90 Å². The second-order valence-electron chi connectivity index (χ2n) is 7.80. The van der Waals surface area contributed by atoms with E-state index in [4.69, 9.17) is 10.5 Å². The molecule has 1 aliphatic rings. The Bertz CT molecular complexity index is 847. The molecule has 146 valence electrons. The Morgan fingerprint density at radius 2 is 2.22 bits per heavy atom. The van der Waals surface area contributed by atoms with Crippen LogP contribution in [-0.2, 0) is 4.74 Å². The van der Waals surface area contributed by atoms with Crippen molar-refractivity contribution in [2.24, 2.45) is 0 Å². The highest BCUT2D eigenvalue weighted by Crippen LogP contribution is 2.32. The Balaban J connectivity index is 1.83. The first-order valence-electron chi connectivity index (χ1n) is 8.88. The number of pyridine rings is 1. The van der Waals surface area contributed by atoms with E-state index in [1.54, 1.807) is 11.1 Å². The van der Waals surface area contributed by atoms with Crippen LogP contribution in [-0.4, -0.2) is 51.9 Å². The molecule has 0 unspecified atom stereocenters. The molecular weight excluding hydrogens is 412 g/mol. The number of carbonyl (C=O) groups is 1. The molecule has 1 saturated heterocycles. The van der Waals surface area contributed by atoms with E-state index in [1.807, 2.05) is 39.0 Å². The summed E-state index contributed by atoms with van der Waals surface area (Å²) in [6.45, 7) is 5.79. The highest BCUT2D eigenvalue weighted by molar-refractivity contribution is 9.10. The average Bonchev–Trinajstić information content (AvgIpc) is 2.99. The molecule has 0 bridgehead atoms. The van der Waals surface area contributed by atoms with Crippen LogP contribution < -0.4 is 11.1 Å². The van der Waals surface area contributed by atoms with E-state index in [2.05, 4.69) is 26.2 Å². The molecule has 27 heavy (non-hydrogen) atoms. The van der Waals surface area contributed by atoms with Gasteiger partial charge in [-0.1, -0.05) is 15.9 Å². The number of nitrogens with two attached hydrogens (primary N) is 1. The van der Waals surface area contributed by atoms with Crippen LogP contribution in [0.15, 0.2) is 28.9 Å². The zero-order chi connectivity index (χ0) is 19.8. The maximum Gasteiger partial charge on any atom is 0.410 e. The monoisotopic (exact) mass is 436 g/mol. The van der Waals surface area contributed by atoms with Gasteiger partial charge < -0.3 is 25.8 Å². The standard InChI is InChI=1S/C19H25BrN4O3/c1-19(2,3)27-18(26)24-9-12(7-13(24)10-25)23-17-14-6-11(20)4-5-16(14)22-8-15(17)21/h4-6,8,12-13,25H,7,9-10,21H2,1-3H3,(H,22,23)/t12-,13-/m1/s1. The number of fused-ring (bicyclic) bond motifs is 1. The lowest BCUT2D eigenvalue weighted by atomic mass is 10.1. The second kappa shape index (κ2) is 7.52. The molecule has 0 aliphatic carbocycles. The van der Waals surface area contributed by atoms with Crippen LogP contribution in [0.2, 0.25) is 0 Å². The molecule has 8 heteroatoms. The van der Waals surface area contributed by atoms with Crippen LogP contribution in [0.3, 0.4) is 0 Å². The SMILES string of the molecule is CC(C)(C)OC(=O)N1C[C@H](Nc2c(N)cnc3ccc(Br)cc23)C[C@@H]1CO. The number of nitrogen functional groups attached to an aromatic ring is 1. The number of amides is 1. The van der Waals surface area contributed by atoms with Gasteiger partial charge in [-0.2, -0.15) is 0 Å². The van der Waals surface area contributed by atoms with Crippen molar-refractivity contribution < 1.29 is 14.6 Å². The number of nitrogens with one attached hydrogen (secondary N) is 1. The van der Waals surface area contributed by atoms with Crippen molar-refractivity contribution >= 4 is 44.3 Å². The van der Waals surface area contributed by atoms with Gasteiger partial charge in [0, 0.05) is 22.4 Å². The van der Waals surface area contributed by atoms with E-state index in [-0.39, 0.29) is 18.7 Å². The number of hydrogen-bond acceptors (Lipinski definition) is 6. The molecule has 1 fully saturated rings. The molecule has 0 spiro atoms. The summed E-state index contributed by atoms with van der Waals surface area (Å²) in [7, 11) is 0. The van der Waals surface area contributed by atoms with Crippen molar-refractivity contribution in [3.05, 3.63) is 28.9 Å². The molecule has 2 heterocycles. The highest BCUT2D eigenvalue weighted by Gasteiger charge is 2.37. The third kappa shape index (κ3) is 4.44. The first-order valence-corrected chi connectivity index (χ1v) is 9.68. The number of nitrogens with zero attached hydrogens (tertiary/aromatic N) is 2. The van der Waals surface area contributed by atoms with E-state index >= 15 is 0 Å². The number of aliphatic hydroxyl groups excluding tert-OH is 1. The number of carbonyl (C=O) groups excluding carboxylic acids is 1. The number of likely N-dealkylation sites (tertiary alicyclic amines) is 1. The first-order chi connectivity index (χ1) is 12.7. The van der Waals surface area contributed by atoms with Crippen LogP contribution in [0.25, 0.3) is 10.9 Å². The summed E-state index contributed by atoms with van der Waals surface area (Å²) in [6, 6.07) is 5.46. The number of anilines is 2. The van der Waals surface area contributed by atoms with Gasteiger partial charge in [-0.05, 0) is 45.4 Å². The van der Waals surface area contributed by atoms with Crippen molar-refractivity contribution in [1.29, 1.82) is 0 Å². The zero-order valence-electron chi connectivity index (χ0n) is 15.7. The smallest absolute Gasteiger partial charge is 0.410 e. The third-order valence-corrected chi connectivity index (χ3v) is 4.95. The lowest BCUT2D eigenvalue weighted by Gasteiger charge is -2.27. The largest absolute Gasteiger partial charge is 0.444 e. The van der Waals surface area contributed by atoms with Crippen molar-refractivity contribution in [3.8, 4) is 0 Å². The van der Waals surface area contributed by atoms with Gasteiger partial charge in [-0.15, -0.1) is 0 Å². The van der Waals surface area contributed by atoms with Gasteiger partial charge in [0.15, 0.2) is 0 Å². The summed E-state index contributed by atoms with van der Waals surface area (Å²) in [4.78, 5) is 18.4. The maximum atomic E-state index is 12.5. The summed E-state index contributed by atoms with van der Waals surface area (Å²) >= 11 is 3.48. The van der Waals surface area contributed by atoms with Gasteiger partial charge in [0.05, 0.1) is 35.7 Å². The minimum Gasteiger partial charge on any atom is -0.444 e. The molecule has 2 atom stereocenters. The molecular formula is C19H25BrN4O3. The number of aliphatic hydroxyl groups is 1. The van der Waals surface area contributed by atoms with E-state index in [0.29, 0.717) is 18.7 Å². The van der Waals surface area contributed by atoms with Crippen LogP contribution >= 0.6 is 15.9 Å². The van der Waals surface area contributed by atoms with Crippen LogP contribution in [0, 0.1) is 0 Å². The van der Waals surface area contributed by atoms with E-state index in [1.165, 1.54) is 0 Å². The molecule has 1 aromatic heterocycles. The summed E-state index contributed by atoms with van der Waals surface area (Å²) in [5, 5.41) is 14.1. The van der Waals surface area contributed by atoms with Crippen LogP contribution in [0.4, 0.5) is 16.2 Å². The number of aromatic nitrogens is 1. The first kappa shape index (κ1) is 19.7. The molecule has 1 aromatic carbocycles. The molecule has 1 amide bonds. The summed E-state index contributed by atoms with van der Waals surface area (Å²) < 4.78 is 6.40. The minimum absolute atomic E-state index is 0.0541. The predicted molar refractivity (Wildman–Crippen MR) is 110 cm³/mol. The van der Waals surface area contributed by atoms with Crippen molar-refractivity contribution in [2.75, 3.05) is 24.2 Å². The summed E-state index contributed by atoms with van der Waals surface area (Å²) in [6.07, 6.45) is 1.82. The van der Waals surface area contributed by atoms with Gasteiger partial charge in [-0.25, -0.2) is 4.79 Å². The fourth-order valence-electron chi connectivity index (χ4n) is 3.28. The van der Waals surface area contributed by atoms with Crippen LogP contribution in [0.1, 0.15) is 27.2 Å². The Morgan fingerprint density at radius 3 is 2.89 bits per heavy atom. The molecule has 3 rings (SSSR count). The lowest BCUT2D eigenvalue weighted by molar-refractivity contribution is 0.0175. The molecule has 7 nitrogen and oxygen atoms in total. The van der Waals surface area contributed by atoms with Crippen molar-refractivity contribution in [2.45, 2.75) is 44.9 Å². The minimum atomic E-state index is -0.583. The number of ether oxygens (including phenoxy) is 1. The van der Waals surface area contributed by atoms with E-state index in [0.717, 1.165) is 21.1 Å². The fourth-order valence-corrected chi connectivity index (χ4v) is 3.65. The Kier molecular flexibility index (Phi) is 5.48. The fraction of sp³-hybridized carbons (Fsp3) is 0.474. The number of rotatable bonds is 3. The number of halogens is 1. The Labute approximate surface area is 167 Å². The van der Waals surface area contributed by atoms with Gasteiger partial charge in [0.1, 0.15) is 5.60 Å². The summed E-state index contributed by atoms with van der Waals surface area (Å²) in [5.41, 5.74) is 7.74. The second-order valence-corrected chi connectivity index (χ2v) is 8.71. The van der Waals surface area contributed by atoms with E-state index < -0.39 is 11.7 Å². The quantitative estimate of drug-likeness (QED) is 0.681. The molecule has 1 aliphatic heterocycles. The predicted octanol–water partition coefficient (Wildman–Crippen LogP) is 3.36. The van der Waals surface area contributed by atoms with Gasteiger partial charge >= 0.3 is 6.09 Å². The lowest BCUT2D eigenvalue weighted by Crippen LogP contribution is -2.41. The topological polar surface area (TPSA) is 101 Å². The average molecular weight is 437 g/mol. The molecule has 0 radical (unpaired) electrons. The van der Waals surface area contributed by atoms with Gasteiger partial charge in [0.2, 0.25) is 0 Å². The van der Waals surface area contributed by atoms with Crippen molar-refractivity contribution in [3.63, 3.8) is 0 Å². The number of benzene rings is 1. The molecule has 2 aromatic rings. The van der Waals surface area contributed by atoms with Gasteiger partial charge in [-0.3, -0.25) is 4.98 Å². The maximum absolute atomic E-state index is 12.5. The summed E-state index contributed by atoms with van der Waals surface area (Å²) in [5.74, 6) is 0. The Hall–Kier alpha value is -2.06. The third-order valence-electron chi connectivity index (χ3n) is 4.46. The normalized spacial score (nSPS) is 20.1. The van der Waals surface area contributed by atoms with Crippen LogP contribution in [0.5, 0.6) is 0 Å². The number of hydrogen-bond donors (Lipinski definition) is 3. The molecule has 0 saturated carbocycles. The zero-order valence-corrected chi connectivity index (χ0v) is 17.3. The highest BCUT2D eigenvalue weighted by atomic mass is 79.9. The molecule has 4 N–H and O–H groups in total. The van der Waals surface area contributed by atoms with Gasteiger partial charge in [0.25, 0.3) is 0 Å².